The van der Waals surface area contributed by atoms with Gasteiger partial charge in [-0.2, -0.15) is 0 Å². The zero-order valence-electron chi connectivity index (χ0n) is 14.6. The van der Waals surface area contributed by atoms with Crippen LogP contribution in [0.15, 0.2) is 36.7 Å². The molecule has 1 aliphatic rings. The van der Waals surface area contributed by atoms with Gasteiger partial charge in [0.05, 0.1) is 5.92 Å². The monoisotopic (exact) mass is 359 g/mol. The van der Waals surface area contributed by atoms with E-state index in [-0.39, 0.29) is 24.2 Å². The van der Waals surface area contributed by atoms with Crippen molar-refractivity contribution in [2.75, 3.05) is 13.1 Å². The minimum absolute atomic E-state index is 0.0726. The van der Waals surface area contributed by atoms with Crippen molar-refractivity contribution < 1.29 is 19.1 Å². The maximum absolute atomic E-state index is 13.1. The van der Waals surface area contributed by atoms with Crippen LogP contribution in [-0.4, -0.2) is 44.5 Å². The zero-order valence-corrected chi connectivity index (χ0v) is 14.6. The number of likely N-dealkylation sites (tertiary alicyclic amines) is 1. The number of aromatic nitrogens is 2. The summed E-state index contributed by atoms with van der Waals surface area (Å²) in [5.41, 5.74) is 0.747. The Morgan fingerprint density at radius 2 is 2.00 bits per heavy atom. The van der Waals surface area contributed by atoms with Gasteiger partial charge in [0.25, 0.3) is 0 Å². The average Bonchev–Trinajstić information content (AvgIpc) is 3.27. The number of hydrogen-bond donors (Lipinski definition) is 1. The van der Waals surface area contributed by atoms with Gasteiger partial charge in [-0.1, -0.05) is 19.1 Å². The molecule has 1 aromatic heterocycles. The molecule has 138 valence electrons. The van der Waals surface area contributed by atoms with Crippen LogP contribution in [0, 0.1) is 11.7 Å². The molecule has 1 fully saturated rings. The van der Waals surface area contributed by atoms with E-state index in [1.807, 2.05) is 17.7 Å². The summed E-state index contributed by atoms with van der Waals surface area (Å²) in [5.74, 6) is -1.44. The molecule has 1 aliphatic heterocycles. The summed E-state index contributed by atoms with van der Waals surface area (Å²) in [6, 6.07) is 5.85. The molecular weight excluding hydrogens is 337 g/mol. The van der Waals surface area contributed by atoms with Crippen LogP contribution in [0.5, 0.6) is 0 Å². The molecule has 0 unspecified atom stereocenters. The Balaban J connectivity index is 1.67. The highest BCUT2D eigenvalue weighted by atomic mass is 19.1. The van der Waals surface area contributed by atoms with Gasteiger partial charge in [-0.3, -0.25) is 9.59 Å². The SMILES string of the molecule is CCc1nccn1CCC(=O)N1C[C@@H](C(=O)O)[C@H](c2ccc(F)cc2)C1. The molecule has 6 nitrogen and oxygen atoms in total. The van der Waals surface area contributed by atoms with Gasteiger partial charge in [0.15, 0.2) is 0 Å². The second kappa shape index (κ2) is 7.68. The minimum atomic E-state index is -0.933. The van der Waals surface area contributed by atoms with Crippen LogP contribution in [0.2, 0.25) is 0 Å². The lowest BCUT2D eigenvalue weighted by molar-refractivity contribution is -0.141. The van der Waals surface area contributed by atoms with Crippen LogP contribution >= 0.6 is 0 Å². The summed E-state index contributed by atoms with van der Waals surface area (Å²) in [5, 5.41) is 9.52. The third-order valence-corrected chi connectivity index (χ3v) is 4.97. The van der Waals surface area contributed by atoms with Gasteiger partial charge in [-0.05, 0) is 17.7 Å². The van der Waals surface area contributed by atoms with Gasteiger partial charge < -0.3 is 14.6 Å². The number of amides is 1. The second-order valence-corrected chi connectivity index (χ2v) is 6.54. The van der Waals surface area contributed by atoms with Crippen LogP contribution in [0.1, 0.15) is 30.7 Å². The number of halogens is 1. The van der Waals surface area contributed by atoms with Crippen molar-refractivity contribution in [3.63, 3.8) is 0 Å². The van der Waals surface area contributed by atoms with E-state index in [1.165, 1.54) is 12.1 Å². The number of benzene rings is 1. The number of aliphatic carboxylic acids is 1. The third kappa shape index (κ3) is 3.76. The zero-order chi connectivity index (χ0) is 18.7. The Bertz CT molecular complexity index is 788. The van der Waals surface area contributed by atoms with E-state index in [1.54, 1.807) is 23.2 Å². The number of carbonyl (C=O) groups is 2. The lowest BCUT2D eigenvalue weighted by Crippen LogP contribution is -2.30. The molecule has 2 atom stereocenters. The first kappa shape index (κ1) is 18.1. The molecule has 0 radical (unpaired) electrons. The maximum atomic E-state index is 13.1. The normalized spacial score (nSPS) is 19.7. The van der Waals surface area contributed by atoms with E-state index in [2.05, 4.69) is 4.98 Å². The molecule has 1 aromatic carbocycles. The quantitative estimate of drug-likeness (QED) is 0.859. The van der Waals surface area contributed by atoms with Crippen LogP contribution in [0.4, 0.5) is 4.39 Å². The molecule has 1 amide bonds. The number of imidazole rings is 1. The number of rotatable bonds is 6. The first-order valence-electron chi connectivity index (χ1n) is 8.75. The van der Waals surface area contributed by atoms with Gasteiger partial charge in [0, 0.05) is 50.8 Å². The minimum Gasteiger partial charge on any atom is -0.481 e. The van der Waals surface area contributed by atoms with E-state index < -0.39 is 11.9 Å². The summed E-state index contributed by atoms with van der Waals surface area (Å²) in [4.78, 5) is 30.0. The Hall–Kier alpha value is -2.70. The van der Waals surface area contributed by atoms with Crippen molar-refractivity contribution in [3.05, 3.63) is 53.9 Å². The van der Waals surface area contributed by atoms with E-state index in [0.29, 0.717) is 19.5 Å². The van der Waals surface area contributed by atoms with E-state index in [0.717, 1.165) is 17.8 Å². The summed E-state index contributed by atoms with van der Waals surface area (Å²) in [6.45, 7) is 3.05. The highest BCUT2D eigenvalue weighted by molar-refractivity contribution is 5.79. The van der Waals surface area contributed by atoms with E-state index in [4.69, 9.17) is 0 Å². The van der Waals surface area contributed by atoms with Crippen molar-refractivity contribution in [1.29, 1.82) is 0 Å². The summed E-state index contributed by atoms with van der Waals surface area (Å²) in [6.07, 6.45) is 4.64. The summed E-state index contributed by atoms with van der Waals surface area (Å²) >= 11 is 0. The molecule has 0 spiro atoms. The Morgan fingerprint density at radius 1 is 1.27 bits per heavy atom. The van der Waals surface area contributed by atoms with Crippen molar-refractivity contribution in [1.82, 2.24) is 14.5 Å². The molecule has 2 heterocycles. The molecule has 0 saturated carbocycles. The fourth-order valence-corrected chi connectivity index (χ4v) is 3.54. The van der Waals surface area contributed by atoms with Crippen molar-refractivity contribution in [2.24, 2.45) is 5.92 Å². The highest BCUT2D eigenvalue weighted by Crippen LogP contribution is 2.33. The molecule has 1 N–H and O–H groups in total. The van der Waals surface area contributed by atoms with Crippen LogP contribution in [0.25, 0.3) is 0 Å². The molecule has 0 aliphatic carbocycles. The fraction of sp³-hybridized carbons (Fsp3) is 0.421. The lowest BCUT2D eigenvalue weighted by Gasteiger charge is -2.17. The van der Waals surface area contributed by atoms with Gasteiger partial charge in [-0.15, -0.1) is 0 Å². The predicted molar refractivity (Wildman–Crippen MR) is 93.1 cm³/mol. The number of carboxylic acid groups (broad SMARTS) is 1. The summed E-state index contributed by atoms with van der Waals surface area (Å²) < 4.78 is 15.1. The van der Waals surface area contributed by atoms with Crippen molar-refractivity contribution >= 4 is 11.9 Å². The predicted octanol–water partition coefficient (Wildman–Crippen LogP) is 2.30. The fourth-order valence-electron chi connectivity index (χ4n) is 3.54. The number of hydrogen-bond acceptors (Lipinski definition) is 3. The lowest BCUT2D eigenvalue weighted by atomic mass is 9.89. The van der Waals surface area contributed by atoms with Gasteiger partial charge in [0.2, 0.25) is 5.91 Å². The molecule has 0 bridgehead atoms. The second-order valence-electron chi connectivity index (χ2n) is 6.54. The number of carboxylic acids is 1. The molecule has 26 heavy (non-hydrogen) atoms. The van der Waals surface area contributed by atoms with Crippen LogP contribution in [-0.2, 0) is 22.6 Å². The molecular formula is C19H22FN3O3. The number of aryl methyl sites for hydroxylation is 2. The third-order valence-electron chi connectivity index (χ3n) is 4.97. The topological polar surface area (TPSA) is 75.4 Å². The highest BCUT2D eigenvalue weighted by Gasteiger charge is 2.40. The van der Waals surface area contributed by atoms with E-state index >= 15 is 0 Å². The van der Waals surface area contributed by atoms with Crippen LogP contribution in [0.3, 0.4) is 0 Å². The molecule has 7 heteroatoms. The Labute approximate surface area is 151 Å². The van der Waals surface area contributed by atoms with Gasteiger partial charge in [-0.25, -0.2) is 9.37 Å². The van der Waals surface area contributed by atoms with E-state index in [9.17, 15) is 19.1 Å². The maximum Gasteiger partial charge on any atom is 0.308 e. The van der Waals surface area contributed by atoms with Gasteiger partial charge >= 0.3 is 5.97 Å². The van der Waals surface area contributed by atoms with Crippen molar-refractivity contribution in [3.8, 4) is 0 Å². The Morgan fingerprint density at radius 3 is 2.65 bits per heavy atom. The van der Waals surface area contributed by atoms with Crippen LogP contribution < -0.4 is 0 Å². The largest absolute Gasteiger partial charge is 0.481 e. The first-order valence-corrected chi connectivity index (χ1v) is 8.75. The average molecular weight is 359 g/mol. The molecule has 2 aromatic rings. The molecule has 1 saturated heterocycles. The molecule has 3 rings (SSSR count). The van der Waals surface area contributed by atoms with Crippen molar-refractivity contribution in [2.45, 2.75) is 32.2 Å². The van der Waals surface area contributed by atoms with Gasteiger partial charge in [0.1, 0.15) is 11.6 Å². The standard InChI is InChI=1S/C19H22FN3O3/c1-2-17-21-8-10-22(17)9-7-18(24)23-11-15(16(12-23)19(25)26)13-3-5-14(20)6-4-13/h3-6,8,10,15-16H,2,7,9,11-12H2,1H3,(H,25,26)/t15-,16+/m0/s1. The first-order chi connectivity index (χ1) is 12.5. The smallest absolute Gasteiger partial charge is 0.308 e. The summed E-state index contributed by atoms with van der Waals surface area (Å²) in [7, 11) is 0. The Kier molecular flexibility index (Phi) is 5.35. The number of carbonyl (C=O) groups excluding carboxylic acids is 1. The number of nitrogens with zero attached hydrogens (tertiary/aromatic N) is 3.